The van der Waals surface area contributed by atoms with Gasteiger partial charge in [-0.05, 0) is 39.0 Å². The summed E-state index contributed by atoms with van der Waals surface area (Å²) in [6.45, 7) is 4.91. The summed E-state index contributed by atoms with van der Waals surface area (Å²) in [5.41, 5.74) is 0. The lowest BCUT2D eigenvalue weighted by Gasteiger charge is -2.31. The van der Waals surface area contributed by atoms with Crippen LogP contribution in [0.1, 0.15) is 39.0 Å². The van der Waals surface area contributed by atoms with Crippen molar-refractivity contribution < 1.29 is 4.74 Å². The van der Waals surface area contributed by atoms with Crippen molar-refractivity contribution in [3.63, 3.8) is 0 Å². The maximum atomic E-state index is 5.33. The predicted octanol–water partition coefficient (Wildman–Crippen LogP) is 2.68. The fourth-order valence-corrected chi connectivity index (χ4v) is 3.18. The lowest BCUT2D eigenvalue weighted by atomic mass is 9.95. The van der Waals surface area contributed by atoms with Gasteiger partial charge in [-0.3, -0.25) is 0 Å². The summed E-state index contributed by atoms with van der Waals surface area (Å²) >= 11 is 2.03. The lowest BCUT2D eigenvalue weighted by molar-refractivity contribution is 0.143. The Morgan fingerprint density at radius 1 is 1.33 bits per heavy atom. The normalized spacial score (nSPS) is 26.8. The van der Waals surface area contributed by atoms with Gasteiger partial charge >= 0.3 is 0 Å². The molecule has 1 fully saturated rings. The monoisotopic (exact) mass is 231 g/mol. The Kier molecular flexibility index (Phi) is 7.49. The van der Waals surface area contributed by atoms with Gasteiger partial charge in [-0.15, -0.1) is 0 Å². The molecule has 0 bridgehead atoms. The molecule has 0 aromatic rings. The van der Waals surface area contributed by atoms with Crippen LogP contribution in [0.2, 0.25) is 0 Å². The molecule has 1 rings (SSSR count). The average Bonchev–Trinajstić information content (AvgIpc) is 2.29. The predicted molar refractivity (Wildman–Crippen MR) is 68.7 cm³/mol. The largest absolute Gasteiger partial charge is 0.382 e. The Morgan fingerprint density at radius 3 is 2.87 bits per heavy atom. The fourth-order valence-electron chi connectivity index (χ4n) is 2.22. The van der Waals surface area contributed by atoms with Gasteiger partial charge in [0.25, 0.3) is 0 Å². The zero-order chi connectivity index (χ0) is 10.9. The highest BCUT2D eigenvalue weighted by atomic mass is 32.2. The number of rotatable bonds is 7. The van der Waals surface area contributed by atoms with E-state index in [1.54, 1.807) is 0 Å². The molecular formula is C12H25NOS. The van der Waals surface area contributed by atoms with Gasteiger partial charge in [-0.2, -0.15) is 11.8 Å². The van der Waals surface area contributed by atoms with Crippen LogP contribution < -0.4 is 5.32 Å². The molecule has 0 spiro atoms. The minimum atomic E-state index is 0.746. The Labute approximate surface area is 98.5 Å². The zero-order valence-corrected chi connectivity index (χ0v) is 10.9. The van der Waals surface area contributed by atoms with Gasteiger partial charge < -0.3 is 10.1 Å². The van der Waals surface area contributed by atoms with Crippen molar-refractivity contribution in [2.45, 2.75) is 50.3 Å². The van der Waals surface area contributed by atoms with Gasteiger partial charge in [0.2, 0.25) is 0 Å². The van der Waals surface area contributed by atoms with Crippen molar-refractivity contribution in [3.05, 3.63) is 0 Å². The third-order valence-corrected chi connectivity index (χ3v) is 4.25. The van der Waals surface area contributed by atoms with E-state index < -0.39 is 0 Å². The van der Waals surface area contributed by atoms with Crippen molar-refractivity contribution >= 4 is 11.8 Å². The van der Waals surface area contributed by atoms with Gasteiger partial charge in [0.1, 0.15) is 0 Å². The highest BCUT2D eigenvalue weighted by molar-refractivity contribution is 7.99. The van der Waals surface area contributed by atoms with Crippen LogP contribution >= 0.6 is 11.8 Å². The molecule has 3 heteroatoms. The number of hydrogen-bond acceptors (Lipinski definition) is 3. The molecule has 0 heterocycles. The Balaban J connectivity index is 2.07. The van der Waals surface area contributed by atoms with E-state index in [9.17, 15) is 0 Å². The third-order valence-electron chi connectivity index (χ3n) is 3.08. The second kappa shape index (κ2) is 8.43. The van der Waals surface area contributed by atoms with Gasteiger partial charge in [0.05, 0.1) is 0 Å². The molecule has 2 unspecified atom stereocenters. The van der Waals surface area contributed by atoms with Crippen LogP contribution in [-0.2, 0) is 4.74 Å². The van der Waals surface area contributed by atoms with Crippen LogP contribution in [0.15, 0.2) is 0 Å². The molecule has 1 aliphatic carbocycles. The highest BCUT2D eigenvalue weighted by Gasteiger charge is 2.23. The first-order valence-electron chi connectivity index (χ1n) is 6.22. The smallest absolute Gasteiger partial charge is 0.0477 e. The molecular weight excluding hydrogens is 206 g/mol. The standard InChI is InChI=1S/C12H25NOS/c1-3-14-10-6-9-13-11-7-4-5-8-12(11)15-2/h11-13H,3-10H2,1-2H3. The molecule has 1 N–H and O–H groups in total. The van der Waals surface area contributed by atoms with E-state index in [1.165, 1.54) is 25.7 Å². The van der Waals surface area contributed by atoms with E-state index >= 15 is 0 Å². The molecule has 1 saturated carbocycles. The summed E-state index contributed by atoms with van der Waals surface area (Å²) in [6.07, 6.45) is 8.96. The molecule has 0 aliphatic heterocycles. The Bertz CT molecular complexity index is 155. The molecule has 0 aromatic carbocycles. The summed E-state index contributed by atoms with van der Waals surface area (Å²) in [5.74, 6) is 0. The van der Waals surface area contributed by atoms with Crippen LogP contribution in [0.25, 0.3) is 0 Å². The number of hydrogen-bond donors (Lipinski definition) is 1. The van der Waals surface area contributed by atoms with Crippen molar-refractivity contribution in [2.75, 3.05) is 26.0 Å². The van der Waals surface area contributed by atoms with E-state index in [0.29, 0.717) is 0 Å². The van der Waals surface area contributed by atoms with Crippen molar-refractivity contribution in [1.82, 2.24) is 5.32 Å². The molecule has 1 aliphatic rings. The quantitative estimate of drug-likeness (QED) is 0.681. The maximum Gasteiger partial charge on any atom is 0.0477 e. The van der Waals surface area contributed by atoms with Gasteiger partial charge in [-0.25, -0.2) is 0 Å². The SMILES string of the molecule is CCOCCCNC1CCCCC1SC. The van der Waals surface area contributed by atoms with Crippen LogP contribution in [-0.4, -0.2) is 37.3 Å². The zero-order valence-electron chi connectivity index (χ0n) is 10.1. The summed E-state index contributed by atoms with van der Waals surface area (Å²) in [7, 11) is 0. The molecule has 0 radical (unpaired) electrons. The van der Waals surface area contributed by atoms with E-state index in [-0.39, 0.29) is 0 Å². The molecule has 0 saturated heterocycles. The fraction of sp³-hybridized carbons (Fsp3) is 1.00. The minimum absolute atomic E-state index is 0.746. The summed E-state index contributed by atoms with van der Waals surface area (Å²) < 4.78 is 5.33. The molecule has 15 heavy (non-hydrogen) atoms. The van der Waals surface area contributed by atoms with Crippen molar-refractivity contribution in [1.29, 1.82) is 0 Å². The van der Waals surface area contributed by atoms with Crippen molar-refractivity contribution in [3.8, 4) is 0 Å². The highest BCUT2D eigenvalue weighted by Crippen LogP contribution is 2.26. The maximum absolute atomic E-state index is 5.33. The topological polar surface area (TPSA) is 21.3 Å². The first-order valence-corrected chi connectivity index (χ1v) is 7.51. The lowest BCUT2D eigenvalue weighted by Crippen LogP contribution is -2.41. The van der Waals surface area contributed by atoms with Gasteiger partial charge in [-0.1, -0.05) is 12.8 Å². The number of thioether (sulfide) groups is 1. The second-order valence-corrected chi connectivity index (χ2v) is 5.25. The number of ether oxygens (including phenoxy) is 1. The Hall–Kier alpha value is 0.270. The third kappa shape index (κ3) is 5.23. The molecule has 2 atom stereocenters. The minimum Gasteiger partial charge on any atom is -0.382 e. The van der Waals surface area contributed by atoms with Crippen LogP contribution in [0.4, 0.5) is 0 Å². The first-order chi connectivity index (χ1) is 7.38. The summed E-state index contributed by atoms with van der Waals surface area (Å²) in [5, 5.41) is 4.52. The van der Waals surface area contributed by atoms with Gasteiger partial charge in [0, 0.05) is 24.5 Å². The summed E-state index contributed by atoms with van der Waals surface area (Å²) in [4.78, 5) is 0. The second-order valence-electron chi connectivity index (χ2n) is 4.17. The first kappa shape index (κ1) is 13.3. The van der Waals surface area contributed by atoms with Crippen molar-refractivity contribution in [2.24, 2.45) is 0 Å². The van der Waals surface area contributed by atoms with E-state index in [1.807, 2.05) is 11.8 Å². The van der Waals surface area contributed by atoms with Crippen LogP contribution in [0.3, 0.4) is 0 Å². The van der Waals surface area contributed by atoms with Crippen LogP contribution in [0, 0.1) is 0 Å². The molecule has 2 nitrogen and oxygen atoms in total. The number of nitrogens with one attached hydrogen (secondary N) is 1. The Morgan fingerprint density at radius 2 is 2.13 bits per heavy atom. The van der Waals surface area contributed by atoms with Crippen LogP contribution in [0.5, 0.6) is 0 Å². The molecule has 90 valence electrons. The van der Waals surface area contributed by atoms with E-state index in [4.69, 9.17) is 4.74 Å². The molecule has 0 amide bonds. The molecule has 0 aromatic heterocycles. The van der Waals surface area contributed by atoms with Gasteiger partial charge in [0.15, 0.2) is 0 Å². The van der Waals surface area contributed by atoms with E-state index in [0.717, 1.165) is 37.5 Å². The average molecular weight is 231 g/mol. The summed E-state index contributed by atoms with van der Waals surface area (Å²) in [6, 6.07) is 0.746. The van der Waals surface area contributed by atoms with E-state index in [2.05, 4.69) is 18.5 Å².